The third kappa shape index (κ3) is 1.99. The summed E-state index contributed by atoms with van der Waals surface area (Å²) in [6, 6.07) is 0. The molecule has 0 amide bonds. The molecule has 2 unspecified atom stereocenters. The van der Waals surface area contributed by atoms with Crippen molar-refractivity contribution in [1.82, 2.24) is 0 Å². The lowest BCUT2D eigenvalue weighted by molar-refractivity contribution is -0.132. The number of carbonyl (C=O) groups excluding carboxylic acids is 1. The van der Waals surface area contributed by atoms with Crippen LogP contribution in [0.15, 0.2) is 12.2 Å². The second-order valence-corrected chi connectivity index (χ2v) is 3.92. The molecule has 1 saturated heterocycles. The highest BCUT2D eigenvalue weighted by atomic mass is 16.5. The van der Waals surface area contributed by atoms with Gasteiger partial charge in [-0.05, 0) is 25.2 Å². The van der Waals surface area contributed by atoms with E-state index in [4.69, 9.17) is 4.74 Å². The summed E-state index contributed by atoms with van der Waals surface area (Å²) in [4.78, 5) is 11.6. The van der Waals surface area contributed by atoms with Gasteiger partial charge in [-0.25, -0.2) is 0 Å². The largest absolute Gasteiger partial charge is 0.380 e. The second-order valence-electron chi connectivity index (χ2n) is 3.92. The summed E-state index contributed by atoms with van der Waals surface area (Å²) in [5.74, 6) is 1.02. The molecular weight excluding hydrogens is 164 g/mol. The summed E-state index contributed by atoms with van der Waals surface area (Å²) in [6.07, 6.45) is 8.60. The summed E-state index contributed by atoms with van der Waals surface area (Å²) in [5.41, 5.74) is 0. The second kappa shape index (κ2) is 4.05. The number of ketones is 1. The van der Waals surface area contributed by atoms with Crippen molar-refractivity contribution < 1.29 is 9.53 Å². The molecule has 2 atom stereocenters. The summed E-state index contributed by atoms with van der Waals surface area (Å²) >= 11 is 0. The van der Waals surface area contributed by atoms with E-state index in [1.165, 1.54) is 12.8 Å². The number of Topliss-reactive ketones (excluding diaryl/α,β-unsaturated/α-hetero) is 1. The van der Waals surface area contributed by atoms with Crippen LogP contribution in [0, 0.1) is 11.8 Å². The first kappa shape index (κ1) is 8.95. The van der Waals surface area contributed by atoms with Crippen LogP contribution in [0.25, 0.3) is 0 Å². The van der Waals surface area contributed by atoms with Gasteiger partial charge in [-0.2, -0.15) is 0 Å². The molecular formula is C11H16O2. The summed E-state index contributed by atoms with van der Waals surface area (Å²) < 4.78 is 5.35. The fourth-order valence-corrected chi connectivity index (χ4v) is 2.20. The van der Waals surface area contributed by atoms with Crippen LogP contribution < -0.4 is 0 Å². The van der Waals surface area contributed by atoms with Gasteiger partial charge in [-0.1, -0.05) is 12.2 Å². The maximum atomic E-state index is 11.6. The average molecular weight is 180 g/mol. The van der Waals surface area contributed by atoms with Gasteiger partial charge in [0.1, 0.15) is 5.78 Å². The van der Waals surface area contributed by atoms with Gasteiger partial charge in [-0.15, -0.1) is 0 Å². The van der Waals surface area contributed by atoms with Crippen LogP contribution in [0.3, 0.4) is 0 Å². The Kier molecular flexibility index (Phi) is 2.79. The van der Waals surface area contributed by atoms with Gasteiger partial charge in [0.2, 0.25) is 0 Å². The van der Waals surface area contributed by atoms with Crippen LogP contribution in [0.4, 0.5) is 0 Å². The third-order valence-corrected chi connectivity index (χ3v) is 3.01. The van der Waals surface area contributed by atoms with Gasteiger partial charge in [0.15, 0.2) is 0 Å². The van der Waals surface area contributed by atoms with Crippen molar-refractivity contribution in [3.8, 4) is 0 Å². The molecule has 0 spiro atoms. The first-order valence-electron chi connectivity index (χ1n) is 5.15. The number of hydrogen-bond donors (Lipinski definition) is 0. The van der Waals surface area contributed by atoms with Gasteiger partial charge in [0.05, 0.1) is 13.2 Å². The Balaban J connectivity index is 2.00. The smallest absolute Gasteiger partial charge is 0.141 e. The van der Waals surface area contributed by atoms with E-state index in [1.807, 2.05) is 0 Å². The Labute approximate surface area is 79.0 Å². The van der Waals surface area contributed by atoms with Gasteiger partial charge in [0.25, 0.3) is 0 Å². The molecule has 1 aliphatic heterocycles. The van der Waals surface area contributed by atoms with Crippen LogP contribution in [-0.4, -0.2) is 19.0 Å². The van der Waals surface area contributed by atoms with E-state index in [1.54, 1.807) is 0 Å². The minimum Gasteiger partial charge on any atom is -0.380 e. The SMILES string of the molecule is O=C1CCOCC1C1C=CCCC1. The minimum atomic E-state index is 0.158. The normalized spacial score (nSPS) is 34.9. The quantitative estimate of drug-likeness (QED) is 0.576. The van der Waals surface area contributed by atoms with Gasteiger partial charge in [0, 0.05) is 12.3 Å². The number of rotatable bonds is 1. The molecule has 0 aromatic rings. The Morgan fingerprint density at radius 1 is 1.46 bits per heavy atom. The molecule has 2 aliphatic rings. The molecule has 13 heavy (non-hydrogen) atoms. The minimum absolute atomic E-state index is 0.158. The molecule has 0 N–H and O–H groups in total. The van der Waals surface area contributed by atoms with Crippen LogP contribution in [-0.2, 0) is 9.53 Å². The van der Waals surface area contributed by atoms with Gasteiger partial charge >= 0.3 is 0 Å². The number of hydrogen-bond acceptors (Lipinski definition) is 2. The van der Waals surface area contributed by atoms with E-state index in [9.17, 15) is 4.79 Å². The summed E-state index contributed by atoms with van der Waals surface area (Å²) in [6.45, 7) is 1.28. The fraction of sp³-hybridized carbons (Fsp3) is 0.727. The standard InChI is InChI=1S/C11H16O2/c12-11-6-7-13-8-10(11)9-4-2-1-3-5-9/h2,4,9-10H,1,3,5-8H2. The maximum Gasteiger partial charge on any atom is 0.141 e. The molecule has 1 aliphatic carbocycles. The molecule has 0 aromatic carbocycles. The number of ether oxygens (including phenoxy) is 1. The Hall–Kier alpha value is -0.630. The van der Waals surface area contributed by atoms with Crippen LogP contribution in [0.2, 0.25) is 0 Å². The zero-order valence-electron chi connectivity index (χ0n) is 7.87. The van der Waals surface area contributed by atoms with Gasteiger partial charge in [-0.3, -0.25) is 4.79 Å². The molecule has 2 rings (SSSR count). The van der Waals surface area contributed by atoms with Crippen molar-refractivity contribution in [3.63, 3.8) is 0 Å². The topological polar surface area (TPSA) is 26.3 Å². The first-order valence-corrected chi connectivity index (χ1v) is 5.15. The molecule has 0 bridgehead atoms. The lowest BCUT2D eigenvalue weighted by Gasteiger charge is -2.28. The zero-order valence-corrected chi connectivity index (χ0v) is 7.87. The van der Waals surface area contributed by atoms with Crippen molar-refractivity contribution in [3.05, 3.63) is 12.2 Å². The van der Waals surface area contributed by atoms with Crippen molar-refractivity contribution in [2.75, 3.05) is 13.2 Å². The molecule has 2 nitrogen and oxygen atoms in total. The Morgan fingerprint density at radius 3 is 3.08 bits per heavy atom. The molecule has 0 saturated carbocycles. The molecule has 0 radical (unpaired) electrons. The van der Waals surface area contributed by atoms with Crippen molar-refractivity contribution in [2.24, 2.45) is 11.8 Å². The average Bonchev–Trinajstić information content (AvgIpc) is 2.20. The molecule has 2 heteroatoms. The van der Waals surface area contributed by atoms with E-state index < -0.39 is 0 Å². The predicted molar refractivity (Wildman–Crippen MR) is 50.4 cm³/mol. The van der Waals surface area contributed by atoms with E-state index in [-0.39, 0.29) is 5.92 Å². The van der Waals surface area contributed by atoms with Crippen molar-refractivity contribution in [1.29, 1.82) is 0 Å². The lowest BCUT2D eigenvalue weighted by atomic mass is 9.81. The van der Waals surface area contributed by atoms with E-state index in [2.05, 4.69) is 12.2 Å². The molecule has 0 aromatic heterocycles. The maximum absolute atomic E-state index is 11.6. The summed E-state index contributed by atoms with van der Waals surface area (Å²) in [7, 11) is 0. The monoisotopic (exact) mass is 180 g/mol. The number of carbonyl (C=O) groups is 1. The van der Waals surface area contributed by atoms with E-state index >= 15 is 0 Å². The first-order chi connectivity index (χ1) is 6.38. The van der Waals surface area contributed by atoms with E-state index in [0.29, 0.717) is 31.3 Å². The van der Waals surface area contributed by atoms with Crippen LogP contribution in [0.5, 0.6) is 0 Å². The Bertz CT molecular complexity index is 220. The lowest BCUT2D eigenvalue weighted by Crippen LogP contribution is -2.33. The zero-order chi connectivity index (χ0) is 9.10. The highest BCUT2D eigenvalue weighted by Crippen LogP contribution is 2.28. The van der Waals surface area contributed by atoms with Crippen molar-refractivity contribution in [2.45, 2.75) is 25.7 Å². The van der Waals surface area contributed by atoms with Crippen LogP contribution in [0.1, 0.15) is 25.7 Å². The highest BCUT2D eigenvalue weighted by Gasteiger charge is 2.29. The third-order valence-electron chi connectivity index (χ3n) is 3.01. The fourth-order valence-electron chi connectivity index (χ4n) is 2.20. The summed E-state index contributed by atoms with van der Waals surface area (Å²) in [5, 5.41) is 0. The Morgan fingerprint density at radius 2 is 2.38 bits per heavy atom. The highest BCUT2D eigenvalue weighted by molar-refractivity contribution is 5.82. The van der Waals surface area contributed by atoms with Gasteiger partial charge < -0.3 is 4.74 Å². The number of allylic oxidation sites excluding steroid dienone is 2. The van der Waals surface area contributed by atoms with Crippen LogP contribution >= 0.6 is 0 Å². The van der Waals surface area contributed by atoms with E-state index in [0.717, 1.165) is 6.42 Å². The molecule has 72 valence electrons. The predicted octanol–water partition coefficient (Wildman–Crippen LogP) is 1.95. The van der Waals surface area contributed by atoms with Crippen molar-refractivity contribution >= 4 is 5.78 Å². The molecule has 1 fully saturated rings. The molecule has 1 heterocycles.